The van der Waals surface area contributed by atoms with Gasteiger partial charge in [0.1, 0.15) is 0 Å². The Morgan fingerprint density at radius 1 is 0.409 bits per heavy atom. The van der Waals surface area contributed by atoms with Crippen LogP contribution in [0.3, 0.4) is 0 Å². The Bertz CT molecular complexity index is 986. The molecule has 0 aromatic carbocycles. The zero-order valence-corrected chi connectivity index (χ0v) is 44.7. The molecule has 1 amide bonds. The van der Waals surface area contributed by atoms with Crippen molar-refractivity contribution < 1.29 is 24.5 Å². The molecule has 0 fully saturated rings. The lowest BCUT2D eigenvalue weighted by atomic mass is 10.0. The predicted octanol–water partition coefficient (Wildman–Crippen LogP) is 18.5. The zero-order valence-electron chi connectivity index (χ0n) is 44.7. The topological polar surface area (TPSA) is 95.9 Å². The van der Waals surface area contributed by atoms with Crippen LogP contribution in [0.1, 0.15) is 335 Å². The maximum atomic E-state index is 12.5. The predicted molar refractivity (Wildman–Crippen MR) is 287 cm³/mol. The summed E-state index contributed by atoms with van der Waals surface area (Å²) >= 11 is 0. The molecule has 0 aromatic heterocycles. The number of amides is 1. The number of aliphatic hydroxyl groups excluding tert-OH is 2. The molecule has 0 spiro atoms. The van der Waals surface area contributed by atoms with Crippen LogP contribution in [0.25, 0.3) is 0 Å². The van der Waals surface area contributed by atoms with Crippen molar-refractivity contribution in [1.29, 1.82) is 0 Å². The standard InChI is InChI=1S/C60H117NO5/c1-3-5-7-9-11-13-15-17-18-19-23-26-30-34-38-42-46-50-54-60(65)66-55-51-47-43-39-35-31-27-24-21-20-22-25-29-33-37-41-45-49-53-59(64)61-57(56-62)58(63)52-48-44-40-36-32-28-16-14-12-10-8-6-4-2/h22,25,57-58,62-63H,3-21,23-24,26-56H2,1-2H3,(H,61,64)/b25-22-. The molecule has 66 heavy (non-hydrogen) atoms. The van der Waals surface area contributed by atoms with Gasteiger partial charge < -0.3 is 20.3 Å². The van der Waals surface area contributed by atoms with Crippen molar-refractivity contribution in [1.82, 2.24) is 5.32 Å². The van der Waals surface area contributed by atoms with Crippen LogP contribution < -0.4 is 5.32 Å². The lowest BCUT2D eigenvalue weighted by Crippen LogP contribution is -2.45. The highest BCUT2D eigenvalue weighted by Gasteiger charge is 2.20. The first-order chi connectivity index (χ1) is 32.5. The third kappa shape index (κ3) is 52.0. The van der Waals surface area contributed by atoms with E-state index in [0.717, 1.165) is 51.4 Å². The van der Waals surface area contributed by atoms with E-state index in [0.29, 0.717) is 25.9 Å². The molecule has 0 aliphatic heterocycles. The first kappa shape index (κ1) is 64.6. The van der Waals surface area contributed by atoms with E-state index < -0.39 is 12.1 Å². The fraction of sp³-hybridized carbons (Fsp3) is 0.933. The van der Waals surface area contributed by atoms with Gasteiger partial charge in [-0.05, 0) is 51.4 Å². The maximum Gasteiger partial charge on any atom is 0.305 e. The van der Waals surface area contributed by atoms with E-state index in [-0.39, 0.29) is 18.5 Å². The van der Waals surface area contributed by atoms with E-state index in [4.69, 9.17) is 4.74 Å². The van der Waals surface area contributed by atoms with Crippen molar-refractivity contribution in [2.24, 2.45) is 0 Å². The highest BCUT2D eigenvalue weighted by molar-refractivity contribution is 5.76. The molecular formula is C60H117NO5. The maximum absolute atomic E-state index is 12.5. The molecule has 0 aliphatic rings. The average molecular weight is 933 g/mol. The van der Waals surface area contributed by atoms with E-state index in [1.807, 2.05) is 0 Å². The fourth-order valence-electron chi connectivity index (χ4n) is 9.46. The number of carbonyl (C=O) groups is 2. The van der Waals surface area contributed by atoms with E-state index >= 15 is 0 Å². The number of allylic oxidation sites excluding steroid dienone is 2. The summed E-state index contributed by atoms with van der Waals surface area (Å²) in [6.07, 6.45) is 66.4. The van der Waals surface area contributed by atoms with Crippen LogP contribution in [-0.4, -0.2) is 47.4 Å². The molecule has 0 aromatic rings. The molecular weight excluding hydrogens is 815 g/mol. The average Bonchev–Trinajstić information content (AvgIpc) is 3.32. The molecule has 0 rings (SSSR count). The van der Waals surface area contributed by atoms with Crippen LogP contribution in [0.4, 0.5) is 0 Å². The number of hydrogen-bond donors (Lipinski definition) is 3. The molecule has 392 valence electrons. The van der Waals surface area contributed by atoms with Gasteiger partial charge in [0.2, 0.25) is 5.91 Å². The van der Waals surface area contributed by atoms with Gasteiger partial charge >= 0.3 is 5.97 Å². The summed E-state index contributed by atoms with van der Waals surface area (Å²) in [5.41, 5.74) is 0. The molecule has 0 saturated heterocycles. The molecule has 6 heteroatoms. The molecule has 0 saturated carbocycles. The molecule has 6 nitrogen and oxygen atoms in total. The Kier molecular flexibility index (Phi) is 55.0. The van der Waals surface area contributed by atoms with Gasteiger partial charge in [-0.25, -0.2) is 0 Å². The number of ether oxygens (including phenoxy) is 1. The Labute approximate surface area is 412 Å². The Balaban J connectivity index is 3.41. The fourth-order valence-corrected chi connectivity index (χ4v) is 9.46. The van der Waals surface area contributed by atoms with Gasteiger partial charge in [-0.2, -0.15) is 0 Å². The summed E-state index contributed by atoms with van der Waals surface area (Å²) < 4.78 is 5.49. The second-order valence-corrected chi connectivity index (χ2v) is 20.7. The van der Waals surface area contributed by atoms with Crippen LogP contribution in [0.2, 0.25) is 0 Å². The van der Waals surface area contributed by atoms with Gasteiger partial charge in [-0.3, -0.25) is 9.59 Å². The van der Waals surface area contributed by atoms with Crippen molar-refractivity contribution in [2.75, 3.05) is 13.2 Å². The number of carbonyl (C=O) groups excluding carboxylic acids is 2. The van der Waals surface area contributed by atoms with Crippen molar-refractivity contribution in [3.63, 3.8) is 0 Å². The third-order valence-corrected chi connectivity index (χ3v) is 14.1. The van der Waals surface area contributed by atoms with Crippen molar-refractivity contribution >= 4 is 11.9 Å². The Morgan fingerprint density at radius 2 is 0.712 bits per heavy atom. The first-order valence-corrected chi connectivity index (χ1v) is 29.9. The summed E-state index contributed by atoms with van der Waals surface area (Å²) in [7, 11) is 0. The number of aliphatic hydroxyl groups is 2. The number of nitrogens with one attached hydrogen (secondary N) is 1. The molecule has 0 heterocycles. The summed E-state index contributed by atoms with van der Waals surface area (Å²) in [6, 6.07) is -0.550. The highest BCUT2D eigenvalue weighted by atomic mass is 16.5. The van der Waals surface area contributed by atoms with Crippen LogP contribution >= 0.6 is 0 Å². The summed E-state index contributed by atoms with van der Waals surface area (Å²) in [6.45, 7) is 4.96. The molecule has 0 radical (unpaired) electrons. The minimum atomic E-state index is -0.671. The SMILES string of the molecule is CCCCCCCCCCCCCCCCCCCCC(=O)OCCCCCCCCCCC/C=C\CCCCCCCC(=O)NC(CO)C(O)CCCCCCCCCCCCCCC. The normalized spacial score (nSPS) is 12.6. The van der Waals surface area contributed by atoms with E-state index in [9.17, 15) is 19.8 Å². The second kappa shape index (κ2) is 56.2. The lowest BCUT2D eigenvalue weighted by Gasteiger charge is -2.22. The Hall–Kier alpha value is -1.40. The lowest BCUT2D eigenvalue weighted by molar-refractivity contribution is -0.143. The number of esters is 1. The van der Waals surface area contributed by atoms with Crippen LogP contribution in [-0.2, 0) is 14.3 Å². The first-order valence-electron chi connectivity index (χ1n) is 29.9. The molecule has 0 bridgehead atoms. The zero-order chi connectivity index (χ0) is 47.9. The van der Waals surface area contributed by atoms with E-state index in [1.165, 1.54) is 250 Å². The second-order valence-electron chi connectivity index (χ2n) is 20.7. The monoisotopic (exact) mass is 932 g/mol. The van der Waals surface area contributed by atoms with Gasteiger partial charge in [-0.1, -0.05) is 283 Å². The Morgan fingerprint density at radius 3 is 1.08 bits per heavy atom. The van der Waals surface area contributed by atoms with E-state index in [1.54, 1.807) is 0 Å². The number of hydrogen-bond acceptors (Lipinski definition) is 5. The summed E-state index contributed by atoms with van der Waals surface area (Å²) in [5.74, 6) is -0.0400. The smallest absolute Gasteiger partial charge is 0.305 e. The quantitative estimate of drug-likeness (QED) is 0.0321. The van der Waals surface area contributed by atoms with Gasteiger partial charge in [0.25, 0.3) is 0 Å². The largest absolute Gasteiger partial charge is 0.466 e. The van der Waals surface area contributed by atoms with Crippen LogP contribution in [0, 0.1) is 0 Å². The van der Waals surface area contributed by atoms with E-state index in [2.05, 4.69) is 31.3 Å². The van der Waals surface area contributed by atoms with Crippen molar-refractivity contribution in [3.8, 4) is 0 Å². The molecule has 3 N–H and O–H groups in total. The van der Waals surface area contributed by atoms with Crippen molar-refractivity contribution in [2.45, 2.75) is 347 Å². The third-order valence-electron chi connectivity index (χ3n) is 14.1. The van der Waals surface area contributed by atoms with Gasteiger partial charge in [0.05, 0.1) is 25.4 Å². The highest BCUT2D eigenvalue weighted by Crippen LogP contribution is 2.18. The summed E-state index contributed by atoms with van der Waals surface area (Å²) in [5, 5.41) is 23.2. The number of rotatable bonds is 56. The number of unbranched alkanes of at least 4 members (excludes halogenated alkanes) is 43. The van der Waals surface area contributed by atoms with Crippen LogP contribution in [0.5, 0.6) is 0 Å². The van der Waals surface area contributed by atoms with Gasteiger partial charge in [-0.15, -0.1) is 0 Å². The summed E-state index contributed by atoms with van der Waals surface area (Å²) in [4.78, 5) is 24.5. The minimum absolute atomic E-state index is 0.00790. The van der Waals surface area contributed by atoms with Gasteiger partial charge in [0.15, 0.2) is 0 Å². The van der Waals surface area contributed by atoms with Crippen LogP contribution in [0.15, 0.2) is 12.2 Å². The molecule has 2 unspecified atom stereocenters. The van der Waals surface area contributed by atoms with Crippen molar-refractivity contribution in [3.05, 3.63) is 12.2 Å². The minimum Gasteiger partial charge on any atom is -0.466 e. The molecule has 0 aliphatic carbocycles. The molecule has 2 atom stereocenters. The van der Waals surface area contributed by atoms with Gasteiger partial charge in [0, 0.05) is 12.8 Å².